The number of anilines is 1. The molecule has 1 aromatic carbocycles. The van der Waals surface area contributed by atoms with E-state index in [0.717, 1.165) is 38.2 Å². The number of aromatic hydroxyl groups is 1. The van der Waals surface area contributed by atoms with Gasteiger partial charge in [-0.25, -0.2) is 0 Å². The molecule has 2 fully saturated rings. The van der Waals surface area contributed by atoms with Gasteiger partial charge in [-0.15, -0.1) is 10.2 Å². The maximum Gasteiger partial charge on any atom is 0.151 e. The Morgan fingerprint density at radius 3 is 2.58 bits per heavy atom. The molecule has 1 saturated carbocycles. The molecule has 0 unspecified atom stereocenters. The molecular weight excluding hydrogens is 349 g/mol. The van der Waals surface area contributed by atoms with Gasteiger partial charge in [-0.1, -0.05) is 23.2 Å². The Bertz CT molecular complexity index is 753. The normalized spacial score (nSPS) is 26.0. The smallest absolute Gasteiger partial charge is 0.151 e. The lowest BCUT2D eigenvalue weighted by Gasteiger charge is -2.42. The average Bonchev–Trinajstić information content (AvgIpc) is 2.92. The van der Waals surface area contributed by atoms with Gasteiger partial charge >= 0.3 is 0 Å². The van der Waals surface area contributed by atoms with Crippen molar-refractivity contribution in [1.82, 2.24) is 10.2 Å². The molecule has 0 amide bonds. The quantitative estimate of drug-likeness (QED) is 0.851. The standard InChI is InChI=1S/C17H17Cl2N3O2/c18-10-5-12(19)16(14(24)6-10)13-1-2-15(21-20-13)22-4-3-17(9-22)7-11(23)8-17/h1-2,5-6,11,23-24H,3-4,7-9H2. The summed E-state index contributed by atoms with van der Waals surface area (Å²) >= 11 is 12.0. The van der Waals surface area contributed by atoms with Crippen molar-refractivity contribution >= 4 is 29.0 Å². The van der Waals surface area contributed by atoms with E-state index in [1.54, 1.807) is 12.1 Å². The van der Waals surface area contributed by atoms with Gasteiger partial charge in [-0.05, 0) is 48.9 Å². The number of aromatic nitrogens is 2. The minimum Gasteiger partial charge on any atom is -0.507 e. The van der Waals surface area contributed by atoms with E-state index in [9.17, 15) is 10.2 Å². The van der Waals surface area contributed by atoms with Gasteiger partial charge in [0.05, 0.1) is 22.4 Å². The van der Waals surface area contributed by atoms with Crippen LogP contribution in [-0.4, -0.2) is 39.6 Å². The summed E-state index contributed by atoms with van der Waals surface area (Å²) in [7, 11) is 0. The first-order valence-electron chi connectivity index (χ1n) is 7.91. The molecule has 0 atom stereocenters. The molecule has 2 heterocycles. The SMILES string of the molecule is Oc1cc(Cl)cc(Cl)c1-c1ccc(N2CCC3(CC(O)C3)C2)nn1. The number of aliphatic hydroxyl groups excluding tert-OH is 1. The molecule has 4 rings (SSSR count). The molecule has 1 aromatic heterocycles. The van der Waals surface area contributed by atoms with Crippen molar-refractivity contribution in [3.63, 3.8) is 0 Å². The van der Waals surface area contributed by atoms with Crippen LogP contribution in [0.4, 0.5) is 5.82 Å². The van der Waals surface area contributed by atoms with Gasteiger partial charge in [0.15, 0.2) is 5.82 Å². The Hall–Kier alpha value is -1.56. The van der Waals surface area contributed by atoms with Crippen LogP contribution in [-0.2, 0) is 0 Å². The predicted octanol–water partition coefficient (Wildman–Crippen LogP) is 3.51. The van der Waals surface area contributed by atoms with E-state index < -0.39 is 0 Å². The third-order valence-corrected chi connectivity index (χ3v) is 5.56. The average molecular weight is 366 g/mol. The number of hydrogen-bond donors (Lipinski definition) is 2. The van der Waals surface area contributed by atoms with E-state index in [4.69, 9.17) is 23.2 Å². The van der Waals surface area contributed by atoms with Crippen LogP contribution in [0, 0.1) is 5.41 Å². The molecule has 7 heteroatoms. The van der Waals surface area contributed by atoms with Gasteiger partial charge in [-0.2, -0.15) is 0 Å². The molecule has 5 nitrogen and oxygen atoms in total. The van der Waals surface area contributed by atoms with E-state index in [2.05, 4.69) is 15.1 Å². The predicted molar refractivity (Wildman–Crippen MR) is 93.7 cm³/mol. The van der Waals surface area contributed by atoms with Crippen molar-refractivity contribution < 1.29 is 10.2 Å². The summed E-state index contributed by atoms with van der Waals surface area (Å²) in [6, 6.07) is 6.70. The number of aliphatic hydroxyl groups is 1. The number of halogens is 2. The van der Waals surface area contributed by atoms with Crippen molar-refractivity contribution in [2.75, 3.05) is 18.0 Å². The summed E-state index contributed by atoms with van der Waals surface area (Å²) in [5.74, 6) is 0.791. The van der Waals surface area contributed by atoms with Crippen LogP contribution in [0.2, 0.25) is 10.0 Å². The first-order chi connectivity index (χ1) is 11.5. The summed E-state index contributed by atoms with van der Waals surface area (Å²) in [4.78, 5) is 2.20. The molecule has 2 aliphatic rings. The van der Waals surface area contributed by atoms with Crippen molar-refractivity contribution in [3.8, 4) is 17.0 Å². The van der Waals surface area contributed by atoms with Crippen molar-refractivity contribution in [1.29, 1.82) is 0 Å². The molecule has 2 aromatic rings. The third-order valence-electron chi connectivity index (χ3n) is 5.04. The van der Waals surface area contributed by atoms with Gasteiger partial charge in [0, 0.05) is 18.1 Å². The second-order valence-corrected chi connectivity index (χ2v) is 7.64. The van der Waals surface area contributed by atoms with Crippen molar-refractivity contribution in [2.24, 2.45) is 5.41 Å². The number of benzene rings is 1. The lowest BCUT2D eigenvalue weighted by atomic mass is 9.66. The number of phenolic OH excluding ortho intramolecular Hbond substituents is 1. The number of nitrogens with zero attached hydrogens (tertiary/aromatic N) is 3. The van der Waals surface area contributed by atoms with Crippen molar-refractivity contribution in [3.05, 3.63) is 34.3 Å². The van der Waals surface area contributed by atoms with E-state index >= 15 is 0 Å². The Kier molecular flexibility index (Phi) is 3.82. The highest BCUT2D eigenvalue weighted by atomic mass is 35.5. The molecular formula is C17H17Cl2N3O2. The molecule has 1 aliphatic carbocycles. The van der Waals surface area contributed by atoms with Gasteiger partial charge in [0.25, 0.3) is 0 Å². The van der Waals surface area contributed by atoms with E-state index in [-0.39, 0.29) is 17.3 Å². The van der Waals surface area contributed by atoms with Crippen LogP contribution < -0.4 is 4.90 Å². The van der Waals surface area contributed by atoms with Crippen LogP contribution in [0.1, 0.15) is 19.3 Å². The van der Waals surface area contributed by atoms with Crippen LogP contribution in [0.25, 0.3) is 11.3 Å². The molecule has 1 saturated heterocycles. The Balaban J connectivity index is 1.56. The van der Waals surface area contributed by atoms with Gasteiger partial charge in [0.1, 0.15) is 5.75 Å². The van der Waals surface area contributed by atoms with E-state index in [1.807, 2.05) is 6.07 Å². The summed E-state index contributed by atoms with van der Waals surface area (Å²) in [5.41, 5.74) is 1.18. The fourth-order valence-electron chi connectivity index (χ4n) is 3.84. The van der Waals surface area contributed by atoms with Crippen LogP contribution in [0.3, 0.4) is 0 Å². The highest BCUT2D eigenvalue weighted by molar-refractivity contribution is 6.36. The van der Waals surface area contributed by atoms with Crippen LogP contribution in [0.5, 0.6) is 5.75 Å². The Morgan fingerprint density at radius 1 is 1.17 bits per heavy atom. The summed E-state index contributed by atoms with van der Waals surface area (Å²) in [6.07, 6.45) is 2.69. The first-order valence-corrected chi connectivity index (χ1v) is 8.67. The molecule has 1 aliphatic heterocycles. The Morgan fingerprint density at radius 2 is 1.96 bits per heavy atom. The molecule has 0 radical (unpaired) electrons. The van der Waals surface area contributed by atoms with Crippen molar-refractivity contribution in [2.45, 2.75) is 25.4 Å². The highest BCUT2D eigenvalue weighted by Crippen LogP contribution is 2.48. The van der Waals surface area contributed by atoms with Crippen LogP contribution in [0.15, 0.2) is 24.3 Å². The summed E-state index contributed by atoms with van der Waals surface area (Å²) in [6.45, 7) is 1.83. The Labute approximate surface area is 149 Å². The zero-order valence-electron chi connectivity index (χ0n) is 12.9. The maximum absolute atomic E-state index is 10.1. The van der Waals surface area contributed by atoms with Crippen LogP contribution >= 0.6 is 23.2 Å². The topological polar surface area (TPSA) is 69.5 Å². The lowest BCUT2D eigenvalue weighted by molar-refractivity contribution is -0.0179. The zero-order valence-corrected chi connectivity index (χ0v) is 14.4. The van der Waals surface area contributed by atoms with Gasteiger partial charge < -0.3 is 15.1 Å². The monoisotopic (exact) mass is 365 g/mol. The highest BCUT2D eigenvalue weighted by Gasteiger charge is 2.48. The minimum absolute atomic E-state index is 0.0156. The summed E-state index contributed by atoms with van der Waals surface area (Å²) in [5, 5.41) is 28.9. The minimum atomic E-state index is -0.145. The third kappa shape index (κ3) is 2.70. The zero-order chi connectivity index (χ0) is 16.9. The molecule has 24 heavy (non-hydrogen) atoms. The first kappa shape index (κ1) is 15.9. The number of rotatable bonds is 2. The number of phenols is 1. The van der Waals surface area contributed by atoms with E-state index in [1.165, 1.54) is 6.07 Å². The molecule has 0 bridgehead atoms. The maximum atomic E-state index is 10.1. The van der Waals surface area contributed by atoms with Gasteiger partial charge in [-0.3, -0.25) is 0 Å². The van der Waals surface area contributed by atoms with E-state index in [0.29, 0.717) is 21.3 Å². The molecule has 1 spiro atoms. The second kappa shape index (κ2) is 5.76. The second-order valence-electron chi connectivity index (χ2n) is 6.79. The number of hydrogen-bond acceptors (Lipinski definition) is 5. The fourth-order valence-corrected chi connectivity index (χ4v) is 4.42. The molecule has 2 N–H and O–H groups in total. The fraction of sp³-hybridized carbons (Fsp3) is 0.412. The molecule has 126 valence electrons. The van der Waals surface area contributed by atoms with Gasteiger partial charge in [0.2, 0.25) is 0 Å². The largest absolute Gasteiger partial charge is 0.507 e. The summed E-state index contributed by atoms with van der Waals surface area (Å²) < 4.78 is 0. The lowest BCUT2D eigenvalue weighted by Crippen LogP contribution is -2.43.